The van der Waals surface area contributed by atoms with E-state index in [9.17, 15) is 4.79 Å². The number of hydrogen-bond donors (Lipinski definition) is 0. The maximum atomic E-state index is 14.4. The van der Waals surface area contributed by atoms with Crippen LogP contribution in [0.15, 0.2) is 91.0 Å². The third kappa shape index (κ3) is 2.40. The van der Waals surface area contributed by atoms with Crippen molar-refractivity contribution in [2.24, 2.45) is 0 Å². The highest BCUT2D eigenvalue weighted by atomic mass is 16.2. The molecule has 0 spiro atoms. The van der Waals surface area contributed by atoms with E-state index in [4.69, 9.17) is 5.10 Å². The monoisotopic (exact) mass is 393 g/mol. The van der Waals surface area contributed by atoms with E-state index in [1.165, 1.54) is 0 Å². The number of aromatic nitrogens is 2. The Labute approximate surface area is 176 Å². The largest absolute Gasteiger partial charge is 0.270 e. The van der Waals surface area contributed by atoms with Crippen molar-refractivity contribution in [2.45, 2.75) is 25.8 Å². The minimum absolute atomic E-state index is 0.0108. The maximum absolute atomic E-state index is 14.4. The van der Waals surface area contributed by atoms with Crippen LogP contribution in [0.3, 0.4) is 0 Å². The molecule has 0 N–H and O–H groups in total. The van der Waals surface area contributed by atoms with E-state index in [0.29, 0.717) is 0 Å². The zero-order valence-corrected chi connectivity index (χ0v) is 17.1. The topological polar surface area (TPSA) is 38.1 Å². The fraction of sp³-hybridized carbons (Fsp3) is 0.154. The molecule has 0 aliphatic carbocycles. The average molecular weight is 393 g/mol. The third-order valence-corrected chi connectivity index (χ3v) is 5.95. The van der Waals surface area contributed by atoms with Gasteiger partial charge in [-0.3, -0.25) is 9.69 Å². The van der Waals surface area contributed by atoms with Crippen LogP contribution in [-0.2, 0) is 16.8 Å². The van der Waals surface area contributed by atoms with E-state index < -0.39 is 5.54 Å². The van der Waals surface area contributed by atoms with E-state index in [-0.39, 0.29) is 5.91 Å². The number of benzene rings is 3. The standard InChI is InChI=1S/C26H23N3O/c1-3-23-19(2)27-29-24(23)28(22-17-11-6-12-18-22)25(30)26(29,20-13-7-4-8-14-20)21-15-9-5-10-16-21/h4-18H,3H2,1-2H3. The van der Waals surface area contributed by atoms with Gasteiger partial charge < -0.3 is 0 Å². The summed E-state index contributed by atoms with van der Waals surface area (Å²) in [4.78, 5) is 16.2. The molecule has 1 aliphatic rings. The van der Waals surface area contributed by atoms with Crippen LogP contribution in [0.25, 0.3) is 0 Å². The highest BCUT2D eigenvalue weighted by Crippen LogP contribution is 2.49. The second-order valence-electron chi connectivity index (χ2n) is 7.57. The molecule has 2 heterocycles. The highest BCUT2D eigenvalue weighted by Gasteiger charge is 2.56. The van der Waals surface area contributed by atoms with Crippen LogP contribution in [0.5, 0.6) is 0 Å². The molecule has 0 radical (unpaired) electrons. The molecule has 3 aromatic carbocycles. The number of amides is 1. The van der Waals surface area contributed by atoms with Crippen molar-refractivity contribution in [2.75, 3.05) is 4.90 Å². The van der Waals surface area contributed by atoms with Gasteiger partial charge in [-0.1, -0.05) is 85.8 Å². The maximum Gasteiger partial charge on any atom is 0.270 e. The lowest BCUT2D eigenvalue weighted by molar-refractivity contribution is -0.121. The quantitative estimate of drug-likeness (QED) is 0.476. The Hall–Kier alpha value is -3.66. The molecule has 0 saturated heterocycles. The number of rotatable bonds is 4. The fourth-order valence-corrected chi connectivity index (χ4v) is 4.61. The summed E-state index contributed by atoms with van der Waals surface area (Å²) >= 11 is 0. The Morgan fingerprint density at radius 1 is 0.800 bits per heavy atom. The second kappa shape index (κ2) is 6.99. The first-order chi connectivity index (χ1) is 14.7. The van der Waals surface area contributed by atoms with Gasteiger partial charge in [-0.2, -0.15) is 5.10 Å². The van der Waals surface area contributed by atoms with Crippen molar-refractivity contribution in [1.82, 2.24) is 9.78 Å². The third-order valence-electron chi connectivity index (χ3n) is 5.95. The zero-order valence-electron chi connectivity index (χ0n) is 17.1. The van der Waals surface area contributed by atoms with Crippen molar-refractivity contribution in [3.05, 3.63) is 113 Å². The molecule has 0 atom stereocenters. The van der Waals surface area contributed by atoms with E-state index in [1.54, 1.807) is 0 Å². The van der Waals surface area contributed by atoms with Crippen molar-refractivity contribution in [1.29, 1.82) is 0 Å². The lowest BCUT2D eigenvalue weighted by Gasteiger charge is -2.30. The predicted molar refractivity (Wildman–Crippen MR) is 119 cm³/mol. The number of hydrogen-bond acceptors (Lipinski definition) is 2. The summed E-state index contributed by atoms with van der Waals surface area (Å²) < 4.78 is 1.95. The van der Waals surface area contributed by atoms with Gasteiger partial charge in [0.15, 0.2) is 5.54 Å². The molecular formula is C26H23N3O. The number of carbonyl (C=O) groups is 1. The summed E-state index contributed by atoms with van der Waals surface area (Å²) in [6, 6.07) is 29.8. The van der Waals surface area contributed by atoms with Crippen LogP contribution in [0.4, 0.5) is 11.5 Å². The summed E-state index contributed by atoms with van der Waals surface area (Å²) in [6.07, 6.45) is 0.803. The van der Waals surface area contributed by atoms with Crippen molar-refractivity contribution < 1.29 is 4.79 Å². The molecular weight excluding hydrogens is 370 g/mol. The SMILES string of the molecule is CCc1c(C)nn2c1N(c1ccccc1)C(=O)C2(c1ccccc1)c1ccccc1. The smallest absolute Gasteiger partial charge is 0.270 e. The van der Waals surface area contributed by atoms with Crippen molar-refractivity contribution >= 4 is 17.4 Å². The molecule has 4 heteroatoms. The molecule has 30 heavy (non-hydrogen) atoms. The first-order valence-corrected chi connectivity index (χ1v) is 10.3. The van der Waals surface area contributed by atoms with Crippen molar-refractivity contribution in [3.63, 3.8) is 0 Å². The van der Waals surface area contributed by atoms with E-state index in [1.807, 2.05) is 108 Å². The van der Waals surface area contributed by atoms with Gasteiger partial charge in [0.2, 0.25) is 0 Å². The van der Waals surface area contributed by atoms with Crippen LogP contribution in [0.2, 0.25) is 0 Å². The number of fused-ring (bicyclic) bond motifs is 1. The van der Waals surface area contributed by atoms with E-state index in [0.717, 1.165) is 40.3 Å². The molecule has 5 rings (SSSR count). The van der Waals surface area contributed by atoms with Crippen LogP contribution in [0, 0.1) is 6.92 Å². The molecule has 148 valence electrons. The first kappa shape index (κ1) is 18.4. The Morgan fingerprint density at radius 2 is 1.30 bits per heavy atom. The van der Waals surface area contributed by atoms with Crippen molar-refractivity contribution in [3.8, 4) is 0 Å². The van der Waals surface area contributed by atoms with Crippen LogP contribution in [0.1, 0.15) is 29.3 Å². The lowest BCUT2D eigenvalue weighted by Crippen LogP contribution is -2.44. The second-order valence-corrected chi connectivity index (χ2v) is 7.57. The molecule has 4 aromatic rings. The predicted octanol–water partition coefficient (Wildman–Crippen LogP) is 5.22. The number of aryl methyl sites for hydroxylation is 1. The summed E-state index contributed by atoms with van der Waals surface area (Å²) in [5.41, 5.74) is 3.67. The first-order valence-electron chi connectivity index (χ1n) is 10.3. The summed E-state index contributed by atoms with van der Waals surface area (Å²) in [5, 5.41) is 4.95. The number of para-hydroxylation sites is 1. The van der Waals surface area contributed by atoms with Gasteiger partial charge in [-0.05, 0) is 36.6 Å². The molecule has 0 unspecified atom stereocenters. The minimum atomic E-state index is -1.05. The Morgan fingerprint density at radius 3 is 1.80 bits per heavy atom. The Balaban J connectivity index is 1.90. The molecule has 4 nitrogen and oxygen atoms in total. The zero-order chi connectivity index (χ0) is 20.7. The van der Waals surface area contributed by atoms with Gasteiger partial charge >= 0.3 is 0 Å². The lowest BCUT2D eigenvalue weighted by atomic mass is 9.82. The summed E-state index contributed by atoms with van der Waals surface area (Å²) in [6.45, 7) is 4.14. The summed E-state index contributed by atoms with van der Waals surface area (Å²) in [7, 11) is 0. The van der Waals surface area contributed by atoms with Gasteiger partial charge in [-0.25, -0.2) is 4.68 Å². The molecule has 1 aromatic heterocycles. The molecule has 0 fully saturated rings. The Bertz CT molecular complexity index is 1160. The Kier molecular flexibility index (Phi) is 4.28. The molecule has 0 bridgehead atoms. The number of nitrogens with zero attached hydrogens (tertiary/aromatic N) is 3. The average Bonchev–Trinajstić information content (AvgIpc) is 3.25. The summed E-state index contributed by atoms with van der Waals surface area (Å²) in [5.74, 6) is 0.849. The van der Waals surface area contributed by atoms with Gasteiger partial charge in [0.25, 0.3) is 5.91 Å². The van der Waals surface area contributed by atoms with Crippen LogP contribution >= 0.6 is 0 Å². The minimum Gasteiger partial charge on any atom is -0.270 e. The number of carbonyl (C=O) groups excluding carboxylic acids is 1. The van der Waals surface area contributed by atoms with Gasteiger partial charge in [0.1, 0.15) is 5.82 Å². The highest BCUT2D eigenvalue weighted by molar-refractivity contribution is 6.12. The van der Waals surface area contributed by atoms with Gasteiger partial charge in [-0.15, -0.1) is 0 Å². The fourth-order valence-electron chi connectivity index (χ4n) is 4.61. The normalized spacial score (nSPS) is 14.7. The van der Waals surface area contributed by atoms with Gasteiger partial charge in [0, 0.05) is 5.56 Å². The molecule has 0 saturated carbocycles. The van der Waals surface area contributed by atoms with E-state index in [2.05, 4.69) is 6.92 Å². The molecule has 1 aliphatic heterocycles. The van der Waals surface area contributed by atoms with E-state index >= 15 is 0 Å². The van der Waals surface area contributed by atoms with Gasteiger partial charge in [0.05, 0.1) is 11.4 Å². The number of anilines is 2. The molecule has 1 amide bonds. The van der Waals surface area contributed by atoms with Crippen LogP contribution in [-0.4, -0.2) is 15.7 Å². The van der Waals surface area contributed by atoms with Crippen LogP contribution < -0.4 is 4.90 Å².